The van der Waals surface area contributed by atoms with E-state index in [0.717, 1.165) is 19.4 Å². The van der Waals surface area contributed by atoms with Crippen molar-refractivity contribution in [3.8, 4) is 0 Å². The number of nitrogens with two attached hydrogens (primary N) is 1. The van der Waals surface area contributed by atoms with E-state index in [1.807, 2.05) is 0 Å². The van der Waals surface area contributed by atoms with Gasteiger partial charge >= 0.3 is 0 Å². The highest BCUT2D eigenvalue weighted by Gasteiger charge is 2.10. The van der Waals surface area contributed by atoms with Gasteiger partial charge in [-0.3, -0.25) is 0 Å². The average molecular weight is 180 g/mol. The van der Waals surface area contributed by atoms with Gasteiger partial charge in [0.1, 0.15) is 0 Å². The highest BCUT2D eigenvalue weighted by Crippen LogP contribution is 2.20. The first-order chi connectivity index (χ1) is 6.20. The minimum atomic E-state index is 0.583. The number of nitrogens with zero attached hydrogens (tertiary/aromatic N) is 1. The van der Waals surface area contributed by atoms with E-state index >= 15 is 0 Å². The molecule has 74 valence electrons. The molecule has 0 aliphatic rings. The second-order valence-corrected chi connectivity index (χ2v) is 3.63. The first-order valence-electron chi connectivity index (χ1n) is 5.05. The molecular weight excluding hydrogens is 160 g/mol. The first-order valence-corrected chi connectivity index (χ1v) is 5.05. The topological polar surface area (TPSA) is 30.9 Å². The van der Waals surface area contributed by atoms with E-state index in [-0.39, 0.29) is 0 Å². The number of hydrogen-bond acceptors (Lipinski definition) is 1. The smallest absolute Gasteiger partial charge is 0.0345 e. The molecule has 1 heterocycles. The van der Waals surface area contributed by atoms with Crippen LogP contribution in [0.1, 0.15) is 37.2 Å². The molecular formula is C11H20N2. The van der Waals surface area contributed by atoms with Crippen molar-refractivity contribution >= 4 is 0 Å². The second kappa shape index (κ2) is 4.47. The quantitative estimate of drug-likeness (QED) is 0.758. The molecule has 2 N–H and O–H groups in total. The van der Waals surface area contributed by atoms with E-state index in [0.29, 0.717) is 6.04 Å². The van der Waals surface area contributed by atoms with Crippen LogP contribution in [0.25, 0.3) is 0 Å². The molecule has 2 nitrogen and oxygen atoms in total. The molecule has 1 aromatic heterocycles. The van der Waals surface area contributed by atoms with Crippen LogP contribution >= 0.6 is 0 Å². The summed E-state index contributed by atoms with van der Waals surface area (Å²) in [4.78, 5) is 0. The number of hydrogen-bond donors (Lipinski definition) is 1. The fourth-order valence-electron chi connectivity index (χ4n) is 1.96. The average Bonchev–Trinajstić information content (AvgIpc) is 2.43. The molecule has 0 aromatic carbocycles. The van der Waals surface area contributed by atoms with Crippen LogP contribution in [0.2, 0.25) is 0 Å². The Morgan fingerprint density at radius 3 is 2.23 bits per heavy atom. The fourth-order valence-corrected chi connectivity index (χ4v) is 1.96. The summed E-state index contributed by atoms with van der Waals surface area (Å²) in [6.45, 7) is 7.31. The Morgan fingerprint density at radius 2 is 1.85 bits per heavy atom. The minimum absolute atomic E-state index is 0.583. The zero-order valence-electron chi connectivity index (χ0n) is 8.88. The molecule has 0 amide bonds. The number of aromatic nitrogens is 1. The highest BCUT2D eigenvalue weighted by molar-refractivity contribution is 5.14. The lowest BCUT2D eigenvalue weighted by Gasteiger charge is -2.20. The summed E-state index contributed by atoms with van der Waals surface area (Å²) in [5.41, 5.74) is 8.29. The van der Waals surface area contributed by atoms with Crippen molar-refractivity contribution in [3.05, 3.63) is 23.5 Å². The van der Waals surface area contributed by atoms with Gasteiger partial charge < -0.3 is 10.3 Å². The molecule has 0 aliphatic carbocycles. The molecule has 13 heavy (non-hydrogen) atoms. The molecule has 2 heteroatoms. The standard InChI is InChI=1S/C11H20N2/c1-4-11(7-8-12)13-9(2)5-6-10(13)3/h5-6,11H,4,7-8,12H2,1-3H3. The van der Waals surface area contributed by atoms with Crippen molar-refractivity contribution in [2.24, 2.45) is 5.73 Å². The van der Waals surface area contributed by atoms with Crippen LogP contribution in [-0.2, 0) is 0 Å². The van der Waals surface area contributed by atoms with Crippen LogP contribution in [0, 0.1) is 13.8 Å². The maximum absolute atomic E-state index is 5.60. The van der Waals surface area contributed by atoms with Gasteiger partial charge in [0.15, 0.2) is 0 Å². The zero-order chi connectivity index (χ0) is 9.84. The van der Waals surface area contributed by atoms with Crippen LogP contribution in [0.3, 0.4) is 0 Å². The van der Waals surface area contributed by atoms with Gasteiger partial charge in [0.2, 0.25) is 0 Å². The van der Waals surface area contributed by atoms with Gasteiger partial charge in [0, 0.05) is 17.4 Å². The lowest BCUT2D eigenvalue weighted by atomic mass is 10.1. The SMILES string of the molecule is CCC(CCN)n1c(C)ccc1C. The molecule has 0 fully saturated rings. The van der Waals surface area contributed by atoms with Crippen molar-refractivity contribution < 1.29 is 0 Å². The summed E-state index contributed by atoms with van der Waals surface area (Å²) < 4.78 is 2.40. The Bertz CT molecular complexity index is 244. The second-order valence-electron chi connectivity index (χ2n) is 3.63. The predicted molar refractivity (Wildman–Crippen MR) is 56.9 cm³/mol. The first kappa shape index (κ1) is 10.3. The summed E-state index contributed by atoms with van der Waals surface area (Å²) in [5, 5.41) is 0. The maximum atomic E-state index is 5.60. The van der Waals surface area contributed by atoms with E-state index in [2.05, 4.69) is 37.5 Å². The fraction of sp³-hybridized carbons (Fsp3) is 0.636. The van der Waals surface area contributed by atoms with Gasteiger partial charge in [-0.2, -0.15) is 0 Å². The van der Waals surface area contributed by atoms with E-state index in [1.54, 1.807) is 0 Å². The number of aryl methyl sites for hydroxylation is 2. The van der Waals surface area contributed by atoms with Gasteiger partial charge in [0.25, 0.3) is 0 Å². The predicted octanol–water partition coefficient (Wildman–Crippen LogP) is 2.40. The lowest BCUT2D eigenvalue weighted by Crippen LogP contribution is -2.15. The van der Waals surface area contributed by atoms with E-state index in [9.17, 15) is 0 Å². The summed E-state index contributed by atoms with van der Waals surface area (Å²) >= 11 is 0. The molecule has 1 aromatic rings. The largest absolute Gasteiger partial charge is 0.346 e. The lowest BCUT2D eigenvalue weighted by molar-refractivity contribution is 0.445. The van der Waals surface area contributed by atoms with Gasteiger partial charge in [-0.05, 0) is 45.4 Å². The van der Waals surface area contributed by atoms with Crippen LogP contribution < -0.4 is 5.73 Å². The van der Waals surface area contributed by atoms with Gasteiger partial charge in [0.05, 0.1) is 0 Å². The Hall–Kier alpha value is -0.760. The maximum Gasteiger partial charge on any atom is 0.0345 e. The van der Waals surface area contributed by atoms with Crippen LogP contribution in [0.5, 0.6) is 0 Å². The van der Waals surface area contributed by atoms with Crippen molar-refractivity contribution in [2.45, 2.75) is 39.7 Å². The van der Waals surface area contributed by atoms with E-state index in [4.69, 9.17) is 5.73 Å². The third-order valence-electron chi connectivity index (χ3n) is 2.66. The third-order valence-corrected chi connectivity index (χ3v) is 2.66. The summed E-state index contributed by atoms with van der Waals surface area (Å²) in [7, 11) is 0. The Kier molecular flexibility index (Phi) is 3.55. The molecule has 0 radical (unpaired) electrons. The van der Waals surface area contributed by atoms with Crippen LogP contribution in [0.4, 0.5) is 0 Å². The van der Waals surface area contributed by atoms with Crippen molar-refractivity contribution in [3.63, 3.8) is 0 Å². The molecule has 1 unspecified atom stereocenters. The zero-order valence-corrected chi connectivity index (χ0v) is 8.88. The summed E-state index contributed by atoms with van der Waals surface area (Å²) in [6, 6.07) is 4.93. The Morgan fingerprint density at radius 1 is 1.31 bits per heavy atom. The molecule has 1 atom stereocenters. The summed E-state index contributed by atoms with van der Waals surface area (Å²) in [5.74, 6) is 0. The van der Waals surface area contributed by atoms with Crippen molar-refractivity contribution in [1.82, 2.24) is 4.57 Å². The summed E-state index contributed by atoms with van der Waals surface area (Å²) in [6.07, 6.45) is 2.24. The van der Waals surface area contributed by atoms with E-state index < -0.39 is 0 Å². The third kappa shape index (κ3) is 2.13. The van der Waals surface area contributed by atoms with Crippen molar-refractivity contribution in [1.29, 1.82) is 0 Å². The Balaban J connectivity index is 2.89. The molecule has 0 bridgehead atoms. The van der Waals surface area contributed by atoms with Gasteiger partial charge in [-0.15, -0.1) is 0 Å². The van der Waals surface area contributed by atoms with Crippen molar-refractivity contribution in [2.75, 3.05) is 6.54 Å². The minimum Gasteiger partial charge on any atom is -0.346 e. The molecule has 0 spiro atoms. The Labute approximate surface area is 80.7 Å². The molecule has 0 saturated carbocycles. The van der Waals surface area contributed by atoms with Crippen LogP contribution in [-0.4, -0.2) is 11.1 Å². The van der Waals surface area contributed by atoms with Gasteiger partial charge in [-0.25, -0.2) is 0 Å². The van der Waals surface area contributed by atoms with Gasteiger partial charge in [-0.1, -0.05) is 6.92 Å². The molecule has 0 aliphatic heterocycles. The molecule has 0 saturated heterocycles. The van der Waals surface area contributed by atoms with Crippen LogP contribution in [0.15, 0.2) is 12.1 Å². The highest BCUT2D eigenvalue weighted by atomic mass is 15.0. The molecule has 1 rings (SSSR count). The normalized spacial score (nSPS) is 13.2. The number of rotatable bonds is 4. The van der Waals surface area contributed by atoms with E-state index in [1.165, 1.54) is 11.4 Å². The monoisotopic (exact) mass is 180 g/mol.